The Morgan fingerprint density at radius 1 is 1.44 bits per heavy atom. The molecule has 0 spiro atoms. The van der Waals surface area contributed by atoms with Crippen LogP contribution in [0.15, 0.2) is 28.7 Å². The van der Waals surface area contributed by atoms with Gasteiger partial charge in [0.2, 0.25) is 0 Å². The largest absolute Gasteiger partial charge is 0.290 e. The van der Waals surface area contributed by atoms with Crippen LogP contribution in [0.5, 0.6) is 0 Å². The van der Waals surface area contributed by atoms with Gasteiger partial charge in [-0.25, -0.2) is 5.84 Å². The fourth-order valence-electron chi connectivity index (χ4n) is 1.54. The average molecular weight is 280 g/mol. The molecule has 0 aliphatic carbocycles. The lowest BCUT2D eigenvalue weighted by Crippen LogP contribution is -2.30. The lowest BCUT2D eigenvalue weighted by Gasteiger charge is -2.06. The lowest BCUT2D eigenvalue weighted by molar-refractivity contribution is 0.0953. The van der Waals surface area contributed by atoms with Crippen LogP contribution in [-0.2, 0) is 0 Å². The standard InChI is InChI=1S/C11H10BrN3O/c1-6-9(11(16)15-13)4-7-2-3-8(12)5-10(7)14-6/h2-5H,13H2,1H3,(H,15,16). The summed E-state index contributed by atoms with van der Waals surface area (Å²) in [7, 11) is 0. The second-order valence-corrected chi connectivity index (χ2v) is 4.35. The zero-order valence-corrected chi connectivity index (χ0v) is 10.2. The van der Waals surface area contributed by atoms with E-state index in [0.29, 0.717) is 11.3 Å². The Hall–Kier alpha value is -1.46. The predicted molar refractivity (Wildman–Crippen MR) is 65.8 cm³/mol. The van der Waals surface area contributed by atoms with Gasteiger partial charge < -0.3 is 0 Å². The molecule has 0 radical (unpaired) electrons. The number of hydrogen-bond donors (Lipinski definition) is 2. The summed E-state index contributed by atoms with van der Waals surface area (Å²) in [6.07, 6.45) is 0. The number of carbonyl (C=O) groups is 1. The molecule has 0 saturated carbocycles. The van der Waals surface area contributed by atoms with Crippen LogP contribution in [0.1, 0.15) is 16.1 Å². The molecule has 0 aliphatic rings. The number of aryl methyl sites for hydroxylation is 1. The minimum absolute atomic E-state index is 0.324. The molecule has 2 rings (SSSR count). The molecule has 0 unspecified atom stereocenters. The van der Waals surface area contributed by atoms with Crippen LogP contribution in [0.3, 0.4) is 0 Å². The number of amides is 1. The smallest absolute Gasteiger partial charge is 0.267 e. The quantitative estimate of drug-likeness (QED) is 0.476. The van der Waals surface area contributed by atoms with Gasteiger partial charge in [-0.1, -0.05) is 22.0 Å². The number of carbonyl (C=O) groups excluding carboxylic acids is 1. The number of rotatable bonds is 1. The molecule has 1 amide bonds. The van der Waals surface area contributed by atoms with Crippen molar-refractivity contribution in [1.82, 2.24) is 10.4 Å². The maximum absolute atomic E-state index is 11.5. The van der Waals surface area contributed by atoms with Gasteiger partial charge in [0.25, 0.3) is 5.91 Å². The minimum atomic E-state index is -0.324. The first-order valence-electron chi connectivity index (χ1n) is 4.69. The number of nitrogens with one attached hydrogen (secondary N) is 1. The van der Waals surface area contributed by atoms with Crippen molar-refractivity contribution in [2.24, 2.45) is 5.84 Å². The number of nitrogen functional groups attached to an aromatic ring is 1. The second kappa shape index (κ2) is 4.19. The van der Waals surface area contributed by atoms with Crippen LogP contribution < -0.4 is 11.3 Å². The first kappa shape index (κ1) is 11.0. The van der Waals surface area contributed by atoms with Gasteiger partial charge in [0, 0.05) is 9.86 Å². The molecule has 2 aromatic rings. The van der Waals surface area contributed by atoms with Crippen LogP contribution in [0.4, 0.5) is 0 Å². The fourth-order valence-corrected chi connectivity index (χ4v) is 1.89. The van der Waals surface area contributed by atoms with Crippen LogP contribution in [-0.4, -0.2) is 10.9 Å². The molecule has 0 fully saturated rings. The average Bonchev–Trinajstić information content (AvgIpc) is 2.27. The Kier molecular flexibility index (Phi) is 2.89. The number of halogens is 1. The Balaban J connectivity index is 2.67. The van der Waals surface area contributed by atoms with Crippen LogP contribution in [0.25, 0.3) is 10.9 Å². The summed E-state index contributed by atoms with van der Waals surface area (Å²) in [4.78, 5) is 15.8. The van der Waals surface area contributed by atoms with Gasteiger partial charge in [0.05, 0.1) is 16.8 Å². The van der Waals surface area contributed by atoms with E-state index in [2.05, 4.69) is 26.3 Å². The number of nitrogens with zero attached hydrogens (tertiary/aromatic N) is 1. The molecule has 3 N–H and O–H groups in total. The second-order valence-electron chi connectivity index (χ2n) is 3.43. The van der Waals surface area contributed by atoms with Crippen LogP contribution in [0, 0.1) is 6.92 Å². The number of hydrazine groups is 1. The monoisotopic (exact) mass is 279 g/mol. The van der Waals surface area contributed by atoms with E-state index in [1.165, 1.54) is 0 Å². The Morgan fingerprint density at radius 2 is 2.19 bits per heavy atom. The van der Waals surface area contributed by atoms with E-state index in [-0.39, 0.29) is 5.91 Å². The normalized spacial score (nSPS) is 10.4. The Morgan fingerprint density at radius 3 is 2.88 bits per heavy atom. The molecule has 0 atom stereocenters. The minimum Gasteiger partial charge on any atom is -0.290 e. The molecule has 0 bridgehead atoms. The molecule has 1 aromatic carbocycles. The van der Waals surface area contributed by atoms with Gasteiger partial charge in [-0.3, -0.25) is 15.2 Å². The molecule has 4 nitrogen and oxygen atoms in total. The molecular formula is C11H10BrN3O. The summed E-state index contributed by atoms with van der Waals surface area (Å²) in [5, 5.41) is 0.910. The van der Waals surface area contributed by atoms with Crippen molar-refractivity contribution in [1.29, 1.82) is 0 Å². The fraction of sp³-hybridized carbons (Fsp3) is 0.0909. The Bertz CT molecular complexity index is 568. The van der Waals surface area contributed by atoms with Crippen molar-refractivity contribution in [3.8, 4) is 0 Å². The summed E-state index contributed by atoms with van der Waals surface area (Å²) in [5.41, 5.74) is 4.12. The molecular weight excluding hydrogens is 270 g/mol. The highest BCUT2D eigenvalue weighted by Crippen LogP contribution is 2.20. The highest BCUT2D eigenvalue weighted by atomic mass is 79.9. The number of benzene rings is 1. The van der Waals surface area contributed by atoms with Crippen LogP contribution in [0.2, 0.25) is 0 Å². The van der Waals surface area contributed by atoms with Gasteiger partial charge in [0.15, 0.2) is 0 Å². The highest BCUT2D eigenvalue weighted by Gasteiger charge is 2.10. The van der Waals surface area contributed by atoms with Gasteiger partial charge in [0.1, 0.15) is 0 Å². The predicted octanol–water partition coefficient (Wildman–Crippen LogP) is 1.91. The summed E-state index contributed by atoms with van der Waals surface area (Å²) in [6, 6.07) is 7.50. The number of pyridine rings is 1. The van der Waals surface area contributed by atoms with E-state index in [1.54, 1.807) is 13.0 Å². The molecule has 0 aliphatic heterocycles. The number of nitrogens with two attached hydrogens (primary N) is 1. The number of fused-ring (bicyclic) bond motifs is 1. The molecule has 0 saturated heterocycles. The lowest BCUT2D eigenvalue weighted by atomic mass is 10.1. The van der Waals surface area contributed by atoms with E-state index >= 15 is 0 Å². The van der Waals surface area contributed by atoms with E-state index in [9.17, 15) is 4.79 Å². The van der Waals surface area contributed by atoms with E-state index in [4.69, 9.17) is 5.84 Å². The highest BCUT2D eigenvalue weighted by molar-refractivity contribution is 9.10. The third kappa shape index (κ3) is 1.91. The number of aromatic nitrogens is 1. The van der Waals surface area contributed by atoms with E-state index in [0.717, 1.165) is 15.4 Å². The Labute approximate surface area is 101 Å². The SMILES string of the molecule is Cc1nc2cc(Br)ccc2cc1C(=O)NN. The zero-order valence-electron chi connectivity index (χ0n) is 8.62. The third-order valence-electron chi connectivity index (χ3n) is 2.35. The third-order valence-corrected chi connectivity index (χ3v) is 2.84. The summed E-state index contributed by atoms with van der Waals surface area (Å²) >= 11 is 3.38. The maximum atomic E-state index is 11.5. The molecule has 1 heterocycles. The van der Waals surface area contributed by atoms with Gasteiger partial charge in [-0.15, -0.1) is 0 Å². The molecule has 5 heteroatoms. The van der Waals surface area contributed by atoms with E-state index < -0.39 is 0 Å². The summed E-state index contributed by atoms with van der Waals surface area (Å²) < 4.78 is 0.961. The topological polar surface area (TPSA) is 68.0 Å². The van der Waals surface area contributed by atoms with Gasteiger partial charge in [-0.05, 0) is 25.1 Å². The van der Waals surface area contributed by atoms with Gasteiger partial charge >= 0.3 is 0 Å². The number of hydrogen-bond acceptors (Lipinski definition) is 3. The van der Waals surface area contributed by atoms with Crippen molar-refractivity contribution in [2.45, 2.75) is 6.92 Å². The van der Waals surface area contributed by atoms with Crippen molar-refractivity contribution in [3.05, 3.63) is 40.0 Å². The van der Waals surface area contributed by atoms with Crippen molar-refractivity contribution < 1.29 is 4.79 Å². The zero-order chi connectivity index (χ0) is 11.7. The summed E-state index contributed by atoms with van der Waals surface area (Å²) in [5.74, 6) is 4.78. The summed E-state index contributed by atoms with van der Waals surface area (Å²) in [6.45, 7) is 1.78. The molecule has 1 aromatic heterocycles. The molecule has 16 heavy (non-hydrogen) atoms. The first-order valence-corrected chi connectivity index (χ1v) is 5.49. The van der Waals surface area contributed by atoms with Gasteiger partial charge in [-0.2, -0.15) is 0 Å². The van der Waals surface area contributed by atoms with E-state index in [1.807, 2.05) is 18.2 Å². The van der Waals surface area contributed by atoms with Crippen molar-refractivity contribution in [2.75, 3.05) is 0 Å². The first-order chi connectivity index (χ1) is 7.61. The van der Waals surface area contributed by atoms with Crippen molar-refractivity contribution in [3.63, 3.8) is 0 Å². The van der Waals surface area contributed by atoms with Crippen LogP contribution >= 0.6 is 15.9 Å². The van der Waals surface area contributed by atoms with Crippen molar-refractivity contribution >= 4 is 32.7 Å². The molecule has 82 valence electrons. The maximum Gasteiger partial charge on any atom is 0.267 e.